The van der Waals surface area contributed by atoms with Gasteiger partial charge in [0.2, 0.25) is 5.91 Å². The highest BCUT2D eigenvalue weighted by Crippen LogP contribution is 2.23. The lowest BCUT2D eigenvalue weighted by molar-refractivity contribution is -0.148. The molecule has 0 aliphatic carbocycles. The molecule has 2 saturated heterocycles. The second kappa shape index (κ2) is 8.40. The van der Waals surface area contributed by atoms with E-state index in [1.54, 1.807) is 0 Å². The van der Waals surface area contributed by atoms with Crippen molar-refractivity contribution < 1.29 is 9.53 Å². The van der Waals surface area contributed by atoms with Crippen molar-refractivity contribution in [2.75, 3.05) is 38.1 Å². The first-order valence-corrected chi connectivity index (χ1v) is 9.92. The SMILES string of the molecule is C[C@@H]1CN(C(=O)[C@H](C)N2CCC(N(C)c3ccccc3)CC2)C[C@H](C)O1. The lowest BCUT2D eigenvalue weighted by atomic mass is 10.0. The van der Waals surface area contributed by atoms with E-state index in [2.05, 4.69) is 54.1 Å². The molecule has 3 rings (SSSR count). The molecule has 2 aliphatic heterocycles. The number of para-hydroxylation sites is 1. The first-order valence-electron chi connectivity index (χ1n) is 9.92. The Morgan fingerprint density at radius 3 is 2.27 bits per heavy atom. The number of anilines is 1. The molecule has 5 nitrogen and oxygen atoms in total. The quantitative estimate of drug-likeness (QED) is 0.828. The van der Waals surface area contributed by atoms with Gasteiger partial charge in [-0.2, -0.15) is 0 Å². The first kappa shape index (κ1) is 19.2. The van der Waals surface area contributed by atoms with Crippen LogP contribution < -0.4 is 4.90 Å². The number of rotatable bonds is 4. The smallest absolute Gasteiger partial charge is 0.239 e. The second-order valence-electron chi connectivity index (χ2n) is 7.89. The Bertz CT molecular complexity index is 576. The average molecular weight is 360 g/mol. The van der Waals surface area contributed by atoms with Crippen LogP contribution in [-0.2, 0) is 9.53 Å². The van der Waals surface area contributed by atoms with Gasteiger partial charge in [-0.1, -0.05) is 18.2 Å². The first-order chi connectivity index (χ1) is 12.5. The Labute approximate surface area is 157 Å². The Morgan fingerprint density at radius 2 is 1.69 bits per heavy atom. The Balaban J connectivity index is 1.53. The molecule has 0 N–H and O–H groups in total. The van der Waals surface area contributed by atoms with E-state index < -0.39 is 0 Å². The molecule has 1 amide bonds. The maximum Gasteiger partial charge on any atom is 0.239 e. The molecule has 3 atom stereocenters. The van der Waals surface area contributed by atoms with E-state index in [1.165, 1.54) is 5.69 Å². The molecule has 2 fully saturated rings. The van der Waals surface area contributed by atoms with Crippen molar-refractivity contribution in [1.29, 1.82) is 0 Å². The van der Waals surface area contributed by atoms with E-state index in [4.69, 9.17) is 4.74 Å². The maximum atomic E-state index is 12.9. The summed E-state index contributed by atoms with van der Waals surface area (Å²) in [6.45, 7) is 9.53. The van der Waals surface area contributed by atoms with Crippen molar-refractivity contribution in [3.05, 3.63) is 30.3 Å². The monoisotopic (exact) mass is 359 g/mol. The Hall–Kier alpha value is -1.59. The van der Waals surface area contributed by atoms with Crippen LogP contribution in [0.5, 0.6) is 0 Å². The molecule has 1 aromatic carbocycles. The number of benzene rings is 1. The second-order valence-corrected chi connectivity index (χ2v) is 7.89. The third kappa shape index (κ3) is 4.38. The van der Waals surface area contributed by atoms with Gasteiger partial charge in [-0.3, -0.25) is 9.69 Å². The average Bonchev–Trinajstić information content (AvgIpc) is 2.66. The van der Waals surface area contributed by atoms with Crippen molar-refractivity contribution in [2.45, 2.75) is 57.9 Å². The van der Waals surface area contributed by atoms with Gasteiger partial charge >= 0.3 is 0 Å². The summed E-state index contributed by atoms with van der Waals surface area (Å²) in [5.74, 6) is 0.252. The standard InChI is InChI=1S/C21H33N3O2/c1-16-14-24(15-17(2)26-16)21(25)18(3)23-12-10-20(11-13-23)22(4)19-8-6-5-7-9-19/h5-9,16-18,20H,10-15H2,1-4H3/t16-,17+,18-/m0/s1. The predicted octanol–water partition coefficient (Wildman–Crippen LogP) is 2.61. The summed E-state index contributed by atoms with van der Waals surface area (Å²) in [5, 5.41) is 0. The van der Waals surface area contributed by atoms with Crippen molar-refractivity contribution >= 4 is 11.6 Å². The largest absolute Gasteiger partial charge is 0.372 e. The van der Waals surface area contributed by atoms with Gasteiger partial charge in [0.15, 0.2) is 0 Å². The van der Waals surface area contributed by atoms with Gasteiger partial charge in [-0.25, -0.2) is 0 Å². The molecule has 144 valence electrons. The zero-order valence-corrected chi connectivity index (χ0v) is 16.6. The number of carbonyl (C=O) groups is 1. The number of hydrogen-bond acceptors (Lipinski definition) is 4. The fraction of sp³-hybridized carbons (Fsp3) is 0.667. The molecule has 0 unspecified atom stereocenters. The molecule has 26 heavy (non-hydrogen) atoms. The number of morpholine rings is 1. The van der Waals surface area contributed by atoms with E-state index in [0.717, 1.165) is 25.9 Å². The number of carbonyl (C=O) groups excluding carboxylic acids is 1. The number of likely N-dealkylation sites (tertiary alicyclic amines) is 1. The van der Waals surface area contributed by atoms with Crippen LogP contribution in [0.15, 0.2) is 30.3 Å². The summed E-state index contributed by atoms with van der Waals surface area (Å²) in [5.41, 5.74) is 1.27. The van der Waals surface area contributed by atoms with Gasteiger partial charge in [0, 0.05) is 45.0 Å². The molecular formula is C21H33N3O2. The molecule has 2 heterocycles. The van der Waals surface area contributed by atoms with Gasteiger partial charge in [0.25, 0.3) is 0 Å². The van der Waals surface area contributed by atoms with Gasteiger partial charge in [0.05, 0.1) is 18.2 Å². The van der Waals surface area contributed by atoms with Crippen LogP contribution in [0.3, 0.4) is 0 Å². The third-order valence-corrected chi connectivity index (χ3v) is 5.85. The molecule has 0 bridgehead atoms. The Morgan fingerprint density at radius 1 is 1.12 bits per heavy atom. The van der Waals surface area contributed by atoms with Gasteiger partial charge in [-0.15, -0.1) is 0 Å². The van der Waals surface area contributed by atoms with Crippen molar-refractivity contribution in [3.8, 4) is 0 Å². The lowest BCUT2D eigenvalue weighted by Crippen LogP contribution is -2.56. The molecule has 0 spiro atoms. The molecule has 5 heteroatoms. The van der Waals surface area contributed by atoms with Crippen molar-refractivity contribution in [2.24, 2.45) is 0 Å². The van der Waals surface area contributed by atoms with E-state index in [0.29, 0.717) is 19.1 Å². The molecule has 0 saturated carbocycles. The van der Waals surface area contributed by atoms with Crippen LogP contribution in [0.4, 0.5) is 5.69 Å². The van der Waals surface area contributed by atoms with Crippen LogP contribution in [-0.4, -0.2) is 73.2 Å². The minimum atomic E-state index is -0.0459. The van der Waals surface area contributed by atoms with Crippen LogP contribution in [0, 0.1) is 0 Å². The van der Waals surface area contributed by atoms with E-state index in [1.807, 2.05) is 18.7 Å². The molecule has 0 radical (unpaired) electrons. The van der Waals surface area contributed by atoms with E-state index in [9.17, 15) is 4.79 Å². The van der Waals surface area contributed by atoms with Crippen molar-refractivity contribution in [3.63, 3.8) is 0 Å². The fourth-order valence-corrected chi connectivity index (χ4v) is 4.31. The fourth-order valence-electron chi connectivity index (χ4n) is 4.31. The molecular weight excluding hydrogens is 326 g/mol. The zero-order valence-electron chi connectivity index (χ0n) is 16.6. The summed E-state index contributed by atoms with van der Waals surface area (Å²) >= 11 is 0. The van der Waals surface area contributed by atoms with Crippen LogP contribution >= 0.6 is 0 Å². The van der Waals surface area contributed by atoms with Gasteiger partial charge < -0.3 is 14.5 Å². The summed E-state index contributed by atoms with van der Waals surface area (Å²) in [6.07, 6.45) is 2.44. The number of ether oxygens (including phenoxy) is 1. The Kier molecular flexibility index (Phi) is 6.20. The van der Waals surface area contributed by atoms with Crippen molar-refractivity contribution in [1.82, 2.24) is 9.80 Å². The third-order valence-electron chi connectivity index (χ3n) is 5.85. The molecule has 2 aliphatic rings. The highest BCUT2D eigenvalue weighted by Gasteiger charge is 2.33. The van der Waals surface area contributed by atoms with Gasteiger partial charge in [0.1, 0.15) is 0 Å². The van der Waals surface area contributed by atoms with E-state index in [-0.39, 0.29) is 24.2 Å². The lowest BCUT2D eigenvalue weighted by Gasteiger charge is -2.42. The number of amides is 1. The highest BCUT2D eigenvalue weighted by atomic mass is 16.5. The zero-order chi connectivity index (χ0) is 18.7. The summed E-state index contributed by atoms with van der Waals surface area (Å²) in [7, 11) is 2.18. The number of nitrogens with zero attached hydrogens (tertiary/aromatic N) is 3. The number of piperidine rings is 1. The highest BCUT2D eigenvalue weighted by molar-refractivity contribution is 5.81. The van der Waals surface area contributed by atoms with Crippen LogP contribution in [0.2, 0.25) is 0 Å². The normalized spacial score (nSPS) is 26.5. The van der Waals surface area contributed by atoms with Crippen LogP contribution in [0.1, 0.15) is 33.6 Å². The minimum Gasteiger partial charge on any atom is -0.372 e. The number of hydrogen-bond donors (Lipinski definition) is 0. The molecule has 1 aromatic rings. The van der Waals surface area contributed by atoms with Gasteiger partial charge in [-0.05, 0) is 45.7 Å². The maximum absolute atomic E-state index is 12.9. The molecule has 0 aromatic heterocycles. The predicted molar refractivity (Wildman–Crippen MR) is 105 cm³/mol. The topological polar surface area (TPSA) is 36.0 Å². The summed E-state index contributed by atoms with van der Waals surface area (Å²) in [6, 6.07) is 11.1. The van der Waals surface area contributed by atoms with E-state index >= 15 is 0 Å². The van der Waals surface area contributed by atoms with Crippen LogP contribution in [0.25, 0.3) is 0 Å². The summed E-state index contributed by atoms with van der Waals surface area (Å²) < 4.78 is 5.76. The minimum absolute atomic E-state index is 0.0459. The summed E-state index contributed by atoms with van der Waals surface area (Å²) in [4.78, 5) is 19.7.